The van der Waals surface area contributed by atoms with Crippen molar-refractivity contribution in [2.45, 2.75) is 38.5 Å². The molecule has 19 heavy (non-hydrogen) atoms. The van der Waals surface area contributed by atoms with E-state index in [-0.39, 0.29) is 23.7 Å². The molecule has 1 atom stereocenters. The summed E-state index contributed by atoms with van der Waals surface area (Å²) in [4.78, 5) is 23.7. The molecule has 0 radical (unpaired) electrons. The highest BCUT2D eigenvalue weighted by Gasteiger charge is 2.30. The van der Waals surface area contributed by atoms with Gasteiger partial charge in [0.15, 0.2) is 0 Å². The van der Waals surface area contributed by atoms with E-state index in [1.54, 1.807) is 0 Å². The standard InChI is InChI=1S/C15H20N2O2/c1-2-6-13(11-7-4-3-5-8-11)15(19)17-16-14(18)12-9-10-12/h3-5,7-8,12-13H,2,6,9-10H2,1H3,(H,16,18)(H,17,19). The number of hydrazine groups is 1. The topological polar surface area (TPSA) is 58.2 Å². The lowest BCUT2D eigenvalue weighted by molar-refractivity contribution is -0.130. The molecule has 2 amide bonds. The van der Waals surface area contributed by atoms with Gasteiger partial charge >= 0.3 is 0 Å². The normalized spacial score (nSPS) is 15.6. The van der Waals surface area contributed by atoms with Gasteiger partial charge in [-0.15, -0.1) is 0 Å². The van der Waals surface area contributed by atoms with E-state index in [1.807, 2.05) is 37.3 Å². The van der Waals surface area contributed by atoms with Gasteiger partial charge < -0.3 is 0 Å². The quantitative estimate of drug-likeness (QED) is 0.797. The molecular formula is C15H20N2O2. The Morgan fingerprint density at radius 1 is 1.21 bits per heavy atom. The highest BCUT2D eigenvalue weighted by molar-refractivity contribution is 5.87. The Hall–Kier alpha value is -1.84. The van der Waals surface area contributed by atoms with Crippen LogP contribution in [0.3, 0.4) is 0 Å². The van der Waals surface area contributed by atoms with Crippen LogP contribution >= 0.6 is 0 Å². The van der Waals surface area contributed by atoms with Crippen LogP contribution in [-0.4, -0.2) is 11.8 Å². The lowest BCUT2D eigenvalue weighted by Gasteiger charge is -2.16. The predicted octanol–water partition coefficient (Wildman–Crippen LogP) is 2.13. The van der Waals surface area contributed by atoms with Crippen LogP contribution in [0, 0.1) is 5.92 Å². The summed E-state index contributed by atoms with van der Waals surface area (Å²) < 4.78 is 0. The largest absolute Gasteiger partial charge is 0.273 e. The van der Waals surface area contributed by atoms with Crippen LogP contribution in [0.25, 0.3) is 0 Å². The SMILES string of the molecule is CCCC(C(=O)NNC(=O)C1CC1)c1ccccc1. The van der Waals surface area contributed by atoms with E-state index in [4.69, 9.17) is 0 Å². The first kappa shape index (κ1) is 13.6. The average Bonchev–Trinajstić information content (AvgIpc) is 3.27. The molecule has 0 aliphatic heterocycles. The minimum Gasteiger partial charge on any atom is -0.273 e. The first-order valence-electron chi connectivity index (χ1n) is 6.87. The third-order valence-electron chi connectivity index (χ3n) is 3.35. The minimum atomic E-state index is -0.203. The van der Waals surface area contributed by atoms with Crippen LogP contribution in [0.5, 0.6) is 0 Å². The summed E-state index contributed by atoms with van der Waals surface area (Å²) in [6.07, 6.45) is 3.55. The van der Waals surface area contributed by atoms with Crippen LogP contribution in [-0.2, 0) is 9.59 Å². The number of benzene rings is 1. The summed E-state index contributed by atoms with van der Waals surface area (Å²) in [6.45, 7) is 2.05. The second kappa shape index (κ2) is 6.36. The van der Waals surface area contributed by atoms with E-state index in [1.165, 1.54) is 0 Å². The fourth-order valence-corrected chi connectivity index (χ4v) is 2.08. The number of hydrogen-bond donors (Lipinski definition) is 2. The second-order valence-corrected chi connectivity index (χ2v) is 5.00. The van der Waals surface area contributed by atoms with Gasteiger partial charge in [-0.1, -0.05) is 43.7 Å². The molecule has 1 unspecified atom stereocenters. The predicted molar refractivity (Wildman–Crippen MR) is 73.1 cm³/mol. The molecule has 1 aromatic rings. The van der Waals surface area contributed by atoms with Crippen molar-refractivity contribution in [2.75, 3.05) is 0 Å². The Labute approximate surface area is 113 Å². The van der Waals surface area contributed by atoms with Crippen LogP contribution in [0.15, 0.2) is 30.3 Å². The fourth-order valence-electron chi connectivity index (χ4n) is 2.08. The summed E-state index contributed by atoms with van der Waals surface area (Å²) >= 11 is 0. The molecule has 1 aliphatic rings. The summed E-state index contributed by atoms with van der Waals surface area (Å²) in [5.41, 5.74) is 6.05. The Morgan fingerprint density at radius 2 is 1.89 bits per heavy atom. The second-order valence-electron chi connectivity index (χ2n) is 5.00. The number of carbonyl (C=O) groups excluding carboxylic acids is 2. The van der Waals surface area contributed by atoms with Gasteiger partial charge in [0, 0.05) is 5.92 Å². The first-order valence-corrected chi connectivity index (χ1v) is 6.87. The van der Waals surface area contributed by atoms with Crippen molar-refractivity contribution in [1.29, 1.82) is 0 Å². The summed E-state index contributed by atoms with van der Waals surface area (Å²) in [6, 6.07) is 9.67. The van der Waals surface area contributed by atoms with E-state index in [0.29, 0.717) is 0 Å². The number of hydrogen-bond acceptors (Lipinski definition) is 2. The maximum absolute atomic E-state index is 12.2. The molecule has 4 nitrogen and oxygen atoms in total. The number of rotatable bonds is 5. The lowest BCUT2D eigenvalue weighted by Crippen LogP contribution is -2.44. The molecule has 2 rings (SSSR count). The van der Waals surface area contributed by atoms with Crippen molar-refractivity contribution in [2.24, 2.45) is 5.92 Å². The number of amides is 2. The monoisotopic (exact) mass is 260 g/mol. The summed E-state index contributed by atoms with van der Waals surface area (Å²) in [5, 5.41) is 0. The lowest BCUT2D eigenvalue weighted by atomic mass is 9.94. The molecular weight excluding hydrogens is 240 g/mol. The molecule has 0 saturated heterocycles. The zero-order chi connectivity index (χ0) is 13.7. The maximum atomic E-state index is 12.2. The molecule has 0 aromatic heterocycles. The fraction of sp³-hybridized carbons (Fsp3) is 0.467. The zero-order valence-corrected chi connectivity index (χ0v) is 11.2. The van der Waals surface area contributed by atoms with Crippen LogP contribution < -0.4 is 10.9 Å². The van der Waals surface area contributed by atoms with Crippen molar-refractivity contribution in [3.05, 3.63) is 35.9 Å². The van der Waals surface area contributed by atoms with Crippen LogP contribution in [0.4, 0.5) is 0 Å². The third kappa shape index (κ3) is 3.81. The van der Waals surface area contributed by atoms with Crippen molar-refractivity contribution < 1.29 is 9.59 Å². The molecule has 0 heterocycles. The van der Waals surface area contributed by atoms with Crippen molar-refractivity contribution in [3.8, 4) is 0 Å². The Bertz CT molecular complexity index is 441. The molecule has 1 aromatic carbocycles. The van der Waals surface area contributed by atoms with E-state index >= 15 is 0 Å². The van der Waals surface area contributed by atoms with Gasteiger partial charge in [-0.05, 0) is 24.8 Å². The molecule has 2 N–H and O–H groups in total. The number of nitrogens with one attached hydrogen (secondary N) is 2. The molecule has 102 valence electrons. The highest BCUT2D eigenvalue weighted by atomic mass is 16.2. The zero-order valence-electron chi connectivity index (χ0n) is 11.2. The molecule has 1 saturated carbocycles. The van der Waals surface area contributed by atoms with Gasteiger partial charge in [-0.3, -0.25) is 20.4 Å². The average molecular weight is 260 g/mol. The molecule has 4 heteroatoms. The molecule has 0 bridgehead atoms. The minimum absolute atomic E-state index is 0.0725. The van der Waals surface area contributed by atoms with Gasteiger partial charge in [0.25, 0.3) is 0 Å². The van der Waals surface area contributed by atoms with Crippen molar-refractivity contribution in [1.82, 2.24) is 10.9 Å². The molecule has 0 spiro atoms. The highest BCUT2D eigenvalue weighted by Crippen LogP contribution is 2.28. The summed E-state index contributed by atoms with van der Waals surface area (Å²) in [5.74, 6) is -0.314. The Morgan fingerprint density at radius 3 is 2.47 bits per heavy atom. The van der Waals surface area contributed by atoms with Gasteiger partial charge in [0.1, 0.15) is 0 Å². The van der Waals surface area contributed by atoms with Crippen LogP contribution in [0.2, 0.25) is 0 Å². The molecule has 1 aliphatic carbocycles. The number of carbonyl (C=O) groups is 2. The van der Waals surface area contributed by atoms with Crippen molar-refractivity contribution in [3.63, 3.8) is 0 Å². The smallest absolute Gasteiger partial charge is 0.245 e. The van der Waals surface area contributed by atoms with E-state index in [2.05, 4.69) is 10.9 Å². The molecule has 1 fully saturated rings. The van der Waals surface area contributed by atoms with Gasteiger partial charge in [0.2, 0.25) is 11.8 Å². The van der Waals surface area contributed by atoms with Crippen molar-refractivity contribution >= 4 is 11.8 Å². The van der Waals surface area contributed by atoms with Gasteiger partial charge in [-0.25, -0.2) is 0 Å². The van der Waals surface area contributed by atoms with Gasteiger partial charge in [-0.2, -0.15) is 0 Å². The first-order chi connectivity index (χ1) is 9.22. The van der Waals surface area contributed by atoms with Gasteiger partial charge in [0.05, 0.1) is 5.92 Å². The maximum Gasteiger partial charge on any atom is 0.245 e. The Kier molecular flexibility index (Phi) is 4.55. The van der Waals surface area contributed by atoms with E-state index in [0.717, 1.165) is 31.2 Å². The van der Waals surface area contributed by atoms with E-state index < -0.39 is 0 Å². The third-order valence-corrected chi connectivity index (χ3v) is 3.35. The van der Waals surface area contributed by atoms with E-state index in [9.17, 15) is 9.59 Å². The summed E-state index contributed by atoms with van der Waals surface area (Å²) in [7, 11) is 0. The van der Waals surface area contributed by atoms with Crippen LogP contribution in [0.1, 0.15) is 44.1 Å². The Balaban J connectivity index is 1.94.